The summed E-state index contributed by atoms with van der Waals surface area (Å²) < 4.78 is 42.7. The lowest BCUT2D eigenvalue weighted by Gasteiger charge is -2.34. The Kier molecular flexibility index (Phi) is 5.13. The maximum Gasteiger partial charge on any atom is 0.401 e. The van der Waals surface area contributed by atoms with Crippen molar-refractivity contribution in [1.82, 2.24) is 9.80 Å². The van der Waals surface area contributed by atoms with Gasteiger partial charge in [-0.15, -0.1) is 0 Å². The Morgan fingerprint density at radius 2 is 1.68 bits per heavy atom. The average Bonchev–Trinajstić information content (AvgIpc) is 2.59. The second-order valence-electron chi connectivity index (χ2n) is 6.07. The maximum atomic E-state index is 12.4. The maximum absolute atomic E-state index is 12.4. The minimum atomic E-state index is -4.20. The van der Waals surface area contributed by atoms with E-state index in [-0.39, 0.29) is 38.7 Å². The molecule has 0 radical (unpaired) electrons. The molecule has 1 heterocycles. The van der Waals surface area contributed by atoms with Crippen molar-refractivity contribution < 1.29 is 22.7 Å². The lowest BCUT2D eigenvalue weighted by Crippen LogP contribution is -2.51. The van der Waals surface area contributed by atoms with E-state index >= 15 is 0 Å². The van der Waals surface area contributed by atoms with Gasteiger partial charge in [0.2, 0.25) is 0 Å². The highest BCUT2D eigenvalue weighted by Crippen LogP contribution is 2.21. The van der Waals surface area contributed by atoms with Crippen LogP contribution in [0.15, 0.2) is 42.5 Å². The molecule has 0 N–H and O–H groups in total. The molecule has 2 aromatic rings. The number of carbonyl (C=O) groups is 1. The van der Waals surface area contributed by atoms with Gasteiger partial charge in [0, 0.05) is 26.2 Å². The van der Waals surface area contributed by atoms with Crippen LogP contribution < -0.4 is 4.74 Å². The molecule has 0 spiro atoms. The third-order valence-electron chi connectivity index (χ3n) is 4.21. The smallest absolute Gasteiger partial charge is 0.401 e. The standard InChI is InChI=1S/C18H19F3N2O2/c19-18(20,21)13-22-7-9-23(10-8-22)17(24)12-25-16-6-5-14-3-1-2-4-15(14)11-16/h1-6,11H,7-10,12-13H2. The fourth-order valence-electron chi connectivity index (χ4n) is 2.90. The molecule has 1 fully saturated rings. The van der Waals surface area contributed by atoms with E-state index in [4.69, 9.17) is 4.74 Å². The molecule has 1 amide bonds. The Bertz CT molecular complexity index is 740. The first kappa shape index (κ1) is 17.5. The zero-order valence-corrected chi connectivity index (χ0v) is 13.6. The average molecular weight is 352 g/mol. The molecule has 0 unspecified atom stereocenters. The van der Waals surface area contributed by atoms with Gasteiger partial charge in [-0.2, -0.15) is 13.2 Å². The number of carbonyl (C=O) groups excluding carboxylic acids is 1. The Morgan fingerprint density at radius 3 is 2.36 bits per heavy atom. The quantitative estimate of drug-likeness (QED) is 0.848. The summed E-state index contributed by atoms with van der Waals surface area (Å²) >= 11 is 0. The molecule has 3 rings (SSSR count). The van der Waals surface area contributed by atoms with E-state index in [2.05, 4.69) is 0 Å². The van der Waals surface area contributed by atoms with Gasteiger partial charge in [-0.1, -0.05) is 30.3 Å². The van der Waals surface area contributed by atoms with Crippen LogP contribution in [-0.2, 0) is 4.79 Å². The summed E-state index contributed by atoms with van der Waals surface area (Å²) in [6.07, 6.45) is -4.20. The van der Waals surface area contributed by atoms with Gasteiger partial charge in [-0.05, 0) is 22.9 Å². The first-order valence-corrected chi connectivity index (χ1v) is 8.09. The van der Waals surface area contributed by atoms with Gasteiger partial charge in [0.25, 0.3) is 5.91 Å². The second-order valence-corrected chi connectivity index (χ2v) is 6.07. The summed E-state index contributed by atoms with van der Waals surface area (Å²) in [6, 6.07) is 13.4. The number of amides is 1. The Morgan fingerprint density at radius 1 is 1.00 bits per heavy atom. The number of nitrogens with zero attached hydrogens (tertiary/aromatic N) is 2. The van der Waals surface area contributed by atoms with Crippen LogP contribution in [0.25, 0.3) is 10.8 Å². The lowest BCUT2D eigenvalue weighted by molar-refractivity contribution is -0.152. The van der Waals surface area contributed by atoms with E-state index < -0.39 is 12.7 Å². The SMILES string of the molecule is O=C(COc1ccc2ccccc2c1)N1CCN(CC(F)(F)F)CC1. The summed E-state index contributed by atoms with van der Waals surface area (Å²) in [6.45, 7) is -0.0192. The van der Waals surface area contributed by atoms with Crippen molar-refractivity contribution in [2.45, 2.75) is 6.18 Å². The number of ether oxygens (including phenoxy) is 1. The highest BCUT2D eigenvalue weighted by atomic mass is 19.4. The van der Waals surface area contributed by atoms with Crippen molar-refractivity contribution in [3.8, 4) is 5.75 Å². The van der Waals surface area contributed by atoms with Gasteiger partial charge in [-0.3, -0.25) is 9.69 Å². The van der Waals surface area contributed by atoms with Gasteiger partial charge in [0.15, 0.2) is 6.61 Å². The van der Waals surface area contributed by atoms with Crippen LogP contribution in [-0.4, -0.2) is 61.2 Å². The Hall–Kier alpha value is -2.28. The second kappa shape index (κ2) is 7.31. The zero-order valence-electron chi connectivity index (χ0n) is 13.6. The number of alkyl halides is 3. The van der Waals surface area contributed by atoms with E-state index in [0.29, 0.717) is 5.75 Å². The summed E-state index contributed by atoms with van der Waals surface area (Å²) in [7, 11) is 0. The third-order valence-corrected chi connectivity index (χ3v) is 4.21. The number of piperazine rings is 1. The van der Waals surface area contributed by atoms with Crippen LogP contribution in [0.2, 0.25) is 0 Å². The minimum absolute atomic E-state index is 0.113. The molecule has 0 saturated carbocycles. The fraction of sp³-hybridized carbons (Fsp3) is 0.389. The van der Waals surface area contributed by atoms with Crippen LogP contribution in [0.3, 0.4) is 0 Å². The van der Waals surface area contributed by atoms with Crippen LogP contribution in [0.1, 0.15) is 0 Å². The van der Waals surface area contributed by atoms with E-state index in [1.165, 1.54) is 4.90 Å². The number of rotatable bonds is 4. The molecule has 4 nitrogen and oxygen atoms in total. The molecule has 25 heavy (non-hydrogen) atoms. The summed E-state index contributed by atoms with van der Waals surface area (Å²) in [4.78, 5) is 15.1. The van der Waals surface area contributed by atoms with Crippen molar-refractivity contribution in [3.05, 3.63) is 42.5 Å². The van der Waals surface area contributed by atoms with Crippen LogP contribution in [0, 0.1) is 0 Å². The molecule has 1 aliphatic heterocycles. The topological polar surface area (TPSA) is 32.8 Å². The van der Waals surface area contributed by atoms with Crippen molar-refractivity contribution in [2.24, 2.45) is 0 Å². The van der Waals surface area contributed by atoms with Gasteiger partial charge in [0.05, 0.1) is 6.54 Å². The van der Waals surface area contributed by atoms with Gasteiger partial charge in [0.1, 0.15) is 5.75 Å². The Labute approximate surface area is 143 Å². The monoisotopic (exact) mass is 352 g/mol. The molecule has 0 aromatic heterocycles. The molecule has 2 aromatic carbocycles. The Balaban J connectivity index is 1.49. The molecule has 134 valence electrons. The lowest BCUT2D eigenvalue weighted by atomic mass is 10.1. The van der Waals surface area contributed by atoms with E-state index in [0.717, 1.165) is 10.8 Å². The molecular formula is C18H19F3N2O2. The highest BCUT2D eigenvalue weighted by Gasteiger charge is 2.32. The zero-order chi connectivity index (χ0) is 17.9. The summed E-state index contributed by atoms with van der Waals surface area (Å²) in [5, 5.41) is 2.11. The van der Waals surface area contributed by atoms with Crippen molar-refractivity contribution in [2.75, 3.05) is 39.3 Å². The van der Waals surface area contributed by atoms with Crippen molar-refractivity contribution in [3.63, 3.8) is 0 Å². The van der Waals surface area contributed by atoms with Gasteiger partial charge >= 0.3 is 6.18 Å². The molecule has 0 aliphatic carbocycles. The number of halogens is 3. The van der Waals surface area contributed by atoms with Crippen molar-refractivity contribution in [1.29, 1.82) is 0 Å². The number of hydrogen-bond donors (Lipinski definition) is 0. The molecule has 7 heteroatoms. The van der Waals surface area contributed by atoms with E-state index in [1.807, 2.05) is 36.4 Å². The predicted molar refractivity (Wildman–Crippen MR) is 88.5 cm³/mol. The molecule has 1 saturated heterocycles. The minimum Gasteiger partial charge on any atom is -0.484 e. The first-order chi connectivity index (χ1) is 11.9. The van der Waals surface area contributed by atoms with E-state index in [9.17, 15) is 18.0 Å². The van der Waals surface area contributed by atoms with Crippen LogP contribution in [0.4, 0.5) is 13.2 Å². The third kappa shape index (κ3) is 4.85. The van der Waals surface area contributed by atoms with Crippen LogP contribution >= 0.6 is 0 Å². The summed E-state index contributed by atoms with van der Waals surface area (Å²) in [5.74, 6) is 0.391. The predicted octanol–water partition coefficient (Wildman–Crippen LogP) is 2.93. The molecule has 0 bridgehead atoms. The molecular weight excluding hydrogens is 333 g/mol. The number of fused-ring (bicyclic) bond motifs is 1. The largest absolute Gasteiger partial charge is 0.484 e. The first-order valence-electron chi connectivity index (χ1n) is 8.09. The van der Waals surface area contributed by atoms with Crippen LogP contribution in [0.5, 0.6) is 5.75 Å². The highest BCUT2D eigenvalue weighted by molar-refractivity contribution is 5.84. The normalized spacial score (nSPS) is 16.2. The van der Waals surface area contributed by atoms with Gasteiger partial charge in [-0.25, -0.2) is 0 Å². The number of hydrogen-bond acceptors (Lipinski definition) is 3. The fourth-order valence-corrected chi connectivity index (χ4v) is 2.90. The van der Waals surface area contributed by atoms with E-state index in [1.54, 1.807) is 11.0 Å². The van der Waals surface area contributed by atoms with Crippen molar-refractivity contribution >= 4 is 16.7 Å². The number of benzene rings is 2. The molecule has 0 atom stereocenters. The summed E-state index contributed by atoms with van der Waals surface area (Å²) in [5.41, 5.74) is 0. The van der Waals surface area contributed by atoms with Gasteiger partial charge < -0.3 is 9.64 Å². The molecule has 1 aliphatic rings.